The van der Waals surface area contributed by atoms with Crippen LogP contribution in [-0.4, -0.2) is 45.7 Å². The molecule has 10 heteroatoms. The van der Waals surface area contributed by atoms with Gasteiger partial charge >= 0.3 is 5.82 Å². The summed E-state index contributed by atoms with van der Waals surface area (Å²) in [5.41, 5.74) is 1.00. The molecule has 3 rings (SSSR count). The Hall–Kier alpha value is -3.43. The van der Waals surface area contributed by atoms with Gasteiger partial charge in [-0.2, -0.15) is 4.68 Å². The first-order valence-electron chi connectivity index (χ1n) is 8.95. The molecule has 0 atom stereocenters. The third-order valence-electron chi connectivity index (χ3n) is 4.09. The quantitative estimate of drug-likeness (QED) is 0.458. The van der Waals surface area contributed by atoms with Gasteiger partial charge in [0, 0.05) is 12.6 Å². The molecule has 28 heavy (non-hydrogen) atoms. The highest BCUT2D eigenvalue weighted by molar-refractivity contribution is 5.78. The lowest BCUT2D eigenvalue weighted by Crippen LogP contribution is -2.30. The van der Waals surface area contributed by atoms with Crippen LogP contribution in [0.5, 0.6) is 5.75 Å². The number of nitrogens with zero attached hydrogens (tertiary/aromatic N) is 3. The van der Waals surface area contributed by atoms with E-state index in [2.05, 4.69) is 15.7 Å². The predicted octanol–water partition coefficient (Wildman–Crippen LogP) is 0.808. The maximum Gasteiger partial charge on any atom is 0.389 e. The van der Waals surface area contributed by atoms with E-state index in [1.165, 1.54) is 16.9 Å². The van der Waals surface area contributed by atoms with Gasteiger partial charge in [-0.15, -0.1) is 0 Å². The number of rotatable bonds is 10. The first kappa shape index (κ1) is 19.3. The number of ether oxygens (including phenoxy) is 1. The van der Waals surface area contributed by atoms with E-state index in [1.54, 1.807) is 12.1 Å². The highest BCUT2D eigenvalue weighted by Crippen LogP contribution is 2.18. The van der Waals surface area contributed by atoms with Crippen molar-refractivity contribution in [2.75, 3.05) is 13.2 Å². The van der Waals surface area contributed by atoms with Gasteiger partial charge in [-0.3, -0.25) is 9.59 Å². The van der Waals surface area contributed by atoms with Gasteiger partial charge in [0.15, 0.2) is 6.61 Å². The second kappa shape index (κ2) is 8.98. The molecule has 1 saturated carbocycles. The molecule has 10 nitrogen and oxygen atoms in total. The number of hydrogen-bond donors (Lipinski definition) is 2. The number of carbonyl (C=O) groups is 2. The number of aromatic nitrogens is 2. The number of amides is 2. The first-order valence-corrected chi connectivity index (χ1v) is 8.95. The molecular weight excluding hydrogens is 366 g/mol. The van der Waals surface area contributed by atoms with Crippen molar-refractivity contribution >= 4 is 17.6 Å². The molecule has 1 aromatic carbocycles. The fraction of sp³-hybridized carbons (Fsp3) is 0.389. The summed E-state index contributed by atoms with van der Waals surface area (Å²) in [6.07, 6.45) is 4.09. The highest BCUT2D eigenvalue weighted by atomic mass is 16.6. The Morgan fingerprint density at radius 3 is 2.61 bits per heavy atom. The Balaban J connectivity index is 1.35. The van der Waals surface area contributed by atoms with E-state index < -0.39 is 4.92 Å². The minimum absolute atomic E-state index is 0.00249. The van der Waals surface area contributed by atoms with Gasteiger partial charge in [-0.25, -0.2) is 0 Å². The Labute approximate surface area is 161 Å². The second-order valence-corrected chi connectivity index (χ2v) is 6.50. The lowest BCUT2D eigenvalue weighted by Gasteiger charge is -2.08. The standard InChI is InChI=1S/C18H21N5O5/c24-17(11-22-10-8-16(21-22)23(26)27)19-9-7-13-1-5-15(6-2-13)28-12-18(25)20-14-3-4-14/h1-2,5-6,8,10,14H,3-4,7,9,11-12H2,(H,19,24)(H,20,25). The summed E-state index contributed by atoms with van der Waals surface area (Å²) >= 11 is 0. The van der Waals surface area contributed by atoms with Gasteiger partial charge in [0.05, 0.1) is 17.4 Å². The molecule has 2 amide bonds. The second-order valence-electron chi connectivity index (χ2n) is 6.50. The van der Waals surface area contributed by atoms with Gasteiger partial charge in [-0.1, -0.05) is 12.1 Å². The van der Waals surface area contributed by atoms with Crippen LogP contribution in [-0.2, 0) is 22.6 Å². The van der Waals surface area contributed by atoms with E-state index in [-0.39, 0.29) is 30.8 Å². The first-order chi connectivity index (χ1) is 13.5. The maximum atomic E-state index is 11.9. The van der Waals surface area contributed by atoms with Gasteiger partial charge < -0.3 is 25.5 Å². The maximum absolute atomic E-state index is 11.9. The van der Waals surface area contributed by atoms with Gasteiger partial charge in [-0.05, 0) is 41.9 Å². The van der Waals surface area contributed by atoms with Crippen LogP contribution in [0.3, 0.4) is 0 Å². The monoisotopic (exact) mass is 387 g/mol. The molecule has 0 spiro atoms. The normalized spacial score (nSPS) is 13.0. The Morgan fingerprint density at radius 2 is 1.96 bits per heavy atom. The Morgan fingerprint density at radius 1 is 1.21 bits per heavy atom. The average Bonchev–Trinajstić information content (AvgIpc) is 3.35. The molecule has 148 valence electrons. The van der Waals surface area contributed by atoms with E-state index in [0.29, 0.717) is 24.8 Å². The van der Waals surface area contributed by atoms with Crippen LogP contribution in [0.1, 0.15) is 18.4 Å². The molecule has 0 bridgehead atoms. The summed E-state index contributed by atoms with van der Waals surface area (Å²) < 4.78 is 6.66. The summed E-state index contributed by atoms with van der Waals surface area (Å²) in [4.78, 5) is 33.4. The summed E-state index contributed by atoms with van der Waals surface area (Å²) in [6, 6.07) is 8.87. The molecule has 1 heterocycles. The molecule has 0 saturated heterocycles. The lowest BCUT2D eigenvalue weighted by atomic mass is 10.1. The van der Waals surface area contributed by atoms with Crippen LogP contribution in [0.4, 0.5) is 5.82 Å². The zero-order chi connectivity index (χ0) is 19.9. The lowest BCUT2D eigenvalue weighted by molar-refractivity contribution is -0.389. The predicted molar refractivity (Wildman–Crippen MR) is 98.7 cm³/mol. The molecule has 0 radical (unpaired) electrons. The zero-order valence-electron chi connectivity index (χ0n) is 15.2. The van der Waals surface area contributed by atoms with Crippen LogP contribution in [0.15, 0.2) is 36.5 Å². The molecule has 2 aromatic rings. The minimum Gasteiger partial charge on any atom is -0.484 e. The molecule has 2 N–H and O–H groups in total. The third kappa shape index (κ3) is 6.08. The van der Waals surface area contributed by atoms with E-state index in [9.17, 15) is 19.7 Å². The molecule has 1 aromatic heterocycles. The van der Waals surface area contributed by atoms with E-state index in [1.807, 2.05) is 12.1 Å². The van der Waals surface area contributed by atoms with Crippen molar-refractivity contribution in [2.45, 2.75) is 31.8 Å². The summed E-state index contributed by atoms with van der Waals surface area (Å²) in [7, 11) is 0. The highest BCUT2D eigenvalue weighted by Gasteiger charge is 2.23. The number of carbonyl (C=O) groups excluding carboxylic acids is 2. The molecular formula is C18H21N5O5. The van der Waals surface area contributed by atoms with Crippen molar-refractivity contribution in [3.63, 3.8) is 0 Å². The van der Waals surface area contributed by atoms with Crippen molar-refractivity contribution in [2.24, 2.45) is 0 Å². The number of nitrogens with one attached hydrogen (secondary N) is 2. The van der Waals surface area contributed by atoms with Crippen molar-refractivity contribution in [3.05, 3.63) is 52.2 Å². The topological polar surface area (TPSA) is 128 Å². The van der Waals surface area contributed by atoms with Gasteiger partial charge in [0.25, 0.3) is 5.91 Å². The summed E-state index contributed by atoms with van der Waals surface area (Å²) in [5.74, 6) is -0.0735. The van der Waals surface area contributed by atoms with Gasteiger partial charge in [0.1, 0.15) is 12.3 Å². The van der Waals surface area contributed by atoms with Crippen LogP contribution >= 0.6 is 0 Å². The molecule has 1 aliphatic carbocycles. The van der Waals surface area contributed by atoms with Crippen LogP contribution < -0.4 is 15.4 Å². The van der Waals surface area contributed by atoms with Crippen molar-refractivity contribution < 1.29 is 19.2 Å². The van der Waals surface area contributed by atoms with Crippen molar-refractivity contribution in [1.29, 1.82) is 0 Å². The fourth-order valence-corrected chi connectivity index (χ4v) is 2.48. The molecule has 1 aliphatic rings. The molecule has 0 unspecified atom stereocenters. The van der Waals surface area contributed by atoms with Crippen molar-refractivity contribution in [3.8, 4) is 5.75 Å². The Bertz CT molecular complexity index is 844. The Kier molecular flexibility index (Phi) is 6.20. The SMILES string of the molecule is O=C(Cn1ccc([N+](=O)[O-])n1)NCCc1ccc(OCC(=O)NC2CC2)cc1. The van der Waals surface area contributed by atoms with Crippen molar-refractivity contribution in [1.82, 2.24) is 20.4 Å². The number of hydrogen-bond acceptors (Lipinski definition) is 6. The zero-order valence-corrected chi connectivity index (χ0v) is 15.2. The van der Waals surface area contributed by atoms with Gasteiger partial charge in [0.2, 0.25) is 5.91 Å². The van der Waals surface area contributed by atoms with E-state index in [4.69, 9.17) is 4.74 Å². The van der Waals surface area contributed by atoms with E-state index in [0.717, 1.165) is 18.4 Å². The average molecular weight is 387 g/mol. The summed E-state index contributed by atoms with van der Waals surface area (Å²) in [5, 5.41) is 19.9. The third-order valence-corrected chi connectivity index (χ3v) is 4.09. The van der Waals surface area contributed by atoms with Crippen LogP contribution in [0.25, 0.3) is 0 Å². The van der Waals surface area contributed by atoms with Crippen LogP contribution in [0.2, 0.25) is 0 Å². The number of benzene rings is 1. The molecule has 1 fully saturated rings. The molecule has 0 aliphatic heterocycles. The largest absolute Gasteiger partial charge is 0.484 e. The minimum atomic E-state index is -0.610. The van der Waals surface area contributed by atoms with E-state index >= 15 is 0 Å². The summed E-state index contributed by atoms with van der Waals surface area (Å²) in [6.45, 7) is 0.341. The smallest absolute Gasteiger partial charge is 0.389 e. The fourth-order valence-electron chi connectivity index (χ4n) is 2.48. The number of nitro groups is 1. The van der Waals surface area contributed by atoms with Crippen LogP contribution in [0, 0.1) is 10.1 Å².